The van der Waals surface area contributed by atoms with Gasteiger partial charge in [0.25, 0.3) is 0 Å². The molecule has 0 saturated heterocycles. The molecule has 0 fully saturated rings. The molecule has 6 nitrogen and oxygen atoms in total. The Kier molecular flexibility index (Phi) is 5.69. The van der Waals surface area contributed by atoms with Crippen LogP contribution in [0.25, 0.3) is 0 Å². The Hall–Kier alpha value is -2.78. The van der Waals surface area contributed by atoms with Crippen LogP contribution in [0.5, 0.6) is 5.75 Å². The Morgan fingerprint density at radius 1 is 1.17 bits per heavy atom. The molecule has 18 heavy (non-hydrogen) atoms. The predicted octanol–water partition coefficient (Wildman–Crippen LogP) is 0.784. The van der Waals surface area contributed by atoms with Crippen LogP contribution in [0.2, 0.25) is 0 Å². The molecular formula is C12H10O6. The topological polar surface area (TPSA) is 115 Å². The van der Waals surface area contributed by atoms with Gasteiger partial charge in [-0.15, -0.1) is 0 Å². The highest BCUT2D eigenvalue weighted by Gasteiger charge is 2.11. The van der Waals surface area contributed by atoms with E-state index in [0.29, 0.717) is 0 Å². The van der Waals surface area contributed by atoms with Crippen LogP contribution in [0.15, 0.2) is 30.9 Å². The highest BCUT2D eigenvalue weighted by molar-refractivity contribution is 5.94. The maximum absolute atomic E-state index is 10.8. The Labute approximate surface area is 102 Å². The van der Waals surface area contributed by atoms with Crippen molar-refractivity contribution in [3.63, 3.8) is 0 Å². The molecule has 1 aromatic rings. The fourth-order valence-electron chi connectivity index (χ4n) is 1.03. The maximum Gasteiger partial charge on any atom is 0.335 e. The standard InChI is InChI=1S/C12H8O5.H2O/c1-2-3-4-17-10-6-8(11(13)14)5-9(7-10)12(15)16;/h2,5-7H,1H2,(H,13,14)(H,15,16);1H2. The summed E-state index contributed by atoms with van der Waals surface area (Å²) < 4.78 is 4.87. The highest BCUT2D eigenvalue weighted by atomic mass is 16.5. The van der Waals surface area contributed by atoms with Crippen molar-refractivity contribution in [2.24, 2.45) is 0 Å². The molecule has 1 aromatic carbocycles. The molecule has 0 spiro atoms. The van der Waals surface area contributed by atoms with Gasteiger partial charge in [-0.1, -0.05) is 6.58 Å². The molecule has 0 aromatic heterocycles. The summed E-state index contributed by atoms with van der Waals surface area (Å²) in [6.07, 6.45) is 3.52. The third-order valence-electron chi connectivity index (χ3n) is 1.73. The lowest BCUT2D eigenvalue weighted by molar-refractivity contribution is 0.0696. The van der Waals surface area contributed by atoms with Crippen LogP contribution in [0.1, 0.15) is 20.7 Å². The Morgan fingerprint density at radius 2 is 1.67 bits per heavy atom. The van der Waals surface area contributed by atoms with Crippen LogP contribution in [0.4, 0.5) is 0 Å². The van der Waals surface area contributed by atoms with E-state index in [1.165, 1.54) is 18.2 Å². The van der Waals surface area contributed by atoms with Crippen LogP contribution in [-0.4, -0.2) is 27.6 Å². The summed E-state index contributed by atoms with van der Waals surface area (Å²) in [4.78, 5) is 21.5. The number of carboxylic acids is 2. The minimum atomic E-state index is -1.24. The molecule has 0 aliphatic heterocycles. The van der Waals surface area contributed by atoms with Gasteiger partial charge in [-0.05, 0) is 30.2 Å². The Morgan fingerprint density at radius 3 is 2.06 bits per heavy atom. The van der Waals surface area contributed by atoms with Crippen LogP contribution < -0.4 is 4.74 Å². The van der Waals surface area contributed by atoms with Gasteiger partial charge < -0.3 is 20.4 Å². The fraction of sp³-hybridized carbons (Fsp3) is 0. The monoisotopic (exact) mass is 250 g/mol. The zero-order valence-electron chi connectivity index (χ0n) is 9.14. The average Bonchev–Trinajstić information content (AvgIpc) is 2.29. The normalized spacial score (nSPS) is 8.22. The number of ether oxygens (including phenoxy) is 1. The molecule has 0 atom stereocenters. The predicted molar refractivity (Wildman–Crippen MR) is 62.6 cm³/mol. The first-order valence-corrected chi connectivity index (χ1v) is 4.44. The summed E-state index contributed by atoms with van der Waals surface area (Å²) in [5.41, 5.74) is -0.361. The summed E-state index contributed by atoms with van der Waals surface area (Å²) in [6.45, 7) is 3.34. The molecule has 0 radical (unpaired) electrons. The number of carboxylic acid groups (broad SMARTS) is 2. The first kappa shape index (κ1) is 15.2. The van der Waals surface area contributed by atoms with Crippen molar-refractivity contribution in [3.05, 3.63) is 42.0 Å². The molecule has 0 aliphatic carbocycles. The first-order valence-electron chi connectivity index (χ1n) is 4.44. The molecule has 0 bridgehead atoms. The number of hydrogen-bond donors (Lipinski definition) is 2. The van der Waals surface area contributed by atoms with E-state index in [0.717, 1.165) is 6.07 Å². The highest BCUT2D eigenvalue weighted by Crippen LogP contribution is 2.17. The summed E-state index contributed by atoms with van der Waals surface area (Å²) in [6, 6.07) is 3.41. The van der Waals surface area contributed by atoms with Gasteiger partial charge in [0, 0.05) is 0 Å². The van der Waals surface area contributed by atoms with Gasteiger partial charge in [0.1, 0.15) is 11.9 Å². The molecule has 0 aliphatic rings. The van der Waals surface area contributed by atoms with Gasteiger partial charge in [-0.2, -0.15) is 0 Å². The first-order chi connectivity index (χ1) is 8.04. The SMILES string of the molecule is C=CC#COc1cc(C(=O)O)cc(C(=O)O)c1.O. The number of aromatic carboxylic acids is 2. The largest absolute Gasteiger partial charge is 0.478 e. The third-order valence-corrected chi connectivity index (χ3v) is 1.73. The van der Waals surface area contributed by atoms with E-state index in [4.69, 9.17) is 14.9 Å². The molecule has 0 saturated carbocycles. The van der Waals surface area contributed by atoms with Crippen LogP contribution >= 0.6 is 0 Å². The second-order valence-electron chi connectivity index (χ2n) is 2.91. The van der Waals surface area contributed by atoms with Crippen LogP contribution in [-0.2, 0) is 0 Å². The minimum Gasteiger partial charge on any atom is -0.478 e. The van der Waals surface area contributed by atoms with Crippen molar-refractivity contribution in [2.45, 2.75) is 0 Å². The minimum absolute atomic E-state index is 0. The molecule has 6 heteroatoms. The van der Waals surface area contributed by atoms with E-state index in [-0.39, 0.29) is 22.4 Å². The van der Waals surface area contributed by atoms with Crippen molar-refractivity contribution in [3.8, 4) is 17.8 Å². The molecule has 4 N–H and O–H groups in total. The second-order valence-corrected chi connectivity index (χ2v) is 2.91. The number of allylic oxidation sites excluding steroid dienone is 1. The molecule has 0 unspecified atom stereocenters. The maximum atomic E-state index is 10.8. The molecule has 94 valence electrons. The smallest absolute Gasteiger partial charge is 0.335 e. The van der Waals surface area contributed by atoms with Crippen molar-refractivity contribution in [2.75, 3.05) is 0 Å². The van der Waals surface area contributed by atoms with Gasteiger partial charge in [-0.3, -0.25) is 0 Å². The summed E-state index contributed by atoms with van der Waals surface area (Å²) in [5.74, 6) is -0.0388. The van der Waals surface area contributed by atoms with Crippen molar-refractivity contribution in [1.82, 2.24) is 0 Å². The van der Waals surface area contributed by atoms with Crippen molar-refractivity contribution >= 4 is 11.9 Å². The van der Waals surface area contributed by atoms with Gasteiger partial charge in [-0.25, -0.2) is 9.59 Å². The van der Waals surface area contributed by atoms with Gasteiger partial charge in [0.05, 0.1) is 11.1 Å². The number of hydrogen-bond acceptors (Lipinski definition) is 3. The average molecular weight is 250 g/mol. The summed E-state index contributed by atoms with van der Waals surface area (Å²) >= 11 is 0. The van der Waals surface area contributed by atoms with E-state index in [1.54, 1.807) is 0 Å². The van der Waals surface area contributed by atoms with E-state index < -0.39 is 11.9 Å². The third kappa shape index (κ3) is 4.00. The lowest BCUT2D eigenvalue weighted by Gasteiger charge is -2.02. The van der Waals surface area contributed by atoms with E-state index in [2.05, 4.69) is 18.6 Å². The fourth-order valence-corrected chi connectivity index (χ4v) is 1.03. The van der Waals surface area contributed by atoms with E-state index in [1.807, 2.05) is 0 Å². The zero-order chi connectivity index (χ0) is 12.8. The van der Waals surface area contributed by atoms with Gasteiger partial charge in [0.2, 0.25) is 0 Å². The van der Waals surface area contributed by atoms with Gasteiger partial charge >= 0.3 is 11.9 Å². The summed E-state index contributed by atoms with van der Waals surface area (Å²) in [5, 5.41) is 17.6. The number of benzene rings is 1. The molecule has 0 amide bonds. The van der Waals surface area contributed by atoms with Crippen molar-refractivity contribution < 1.29 is 30.0 Å². The zero-order valence-corrected chi connectivity index (χ0v) is 9.14. The van der Waals surface area contributed by atoms with Crippen molar-refractivity contribution in [1.29, 1.82) is 0 Å². The van der Waals surface area contributed by atoms with E-state index >= 15 is 0 Å². The van der Waals surface area contributed by atoms with Gasteiger partial charge in [0.15, 0.2) is 0 Å². The summed E-state index contributed by atoms with van der Waals surface area (Å²) in [7, 11) is 0. The number of rotatable bonds is 3. The molecule has 0 heterocycles. The lowest BCUT2D eigenvalue weighted by Crippen LogP contribution is -2.03. The number of carbonyl (C=O) groups is 2. The Balaban J connectivity index is 0.00000289. The molecule has 1 rings (SSSR count). The quantitative estimate of drug-likeness (QED) is 0.769. The Bertz CT molecular complexity index is 503. The van der Waals surface area contributed by atoms with Crippen LogP contribution in [0, 0.1) is 12.0 Å². The van der Waals surface area contributed by atoms with Crippen LogP contribution in [0.3, 0.4) is 0 Å². The van der Waals surface area contributed by atoms with E-state index in [9.17, 15) is 9.59 Å². The molecular weight excluding hydrogens is 240 g/mol. The second kappa shape index (κ2) is 6.73. The lowest BCUT2D eigenvalue weighted by atomic mass is 10.1.